The van der Waals surface area contributed by atoms with Crippen molar-refractivity contribution in [2.45, 2.75) is 12.5 Å². The number of rotatable bonds is 5. The number of allylic oxidation sites excluding steroid dienone is 2. The van der Waals surface area contributed by atoms with Crippen LogP contribution in [0.4, 0.5) is 11.5 Å². The molecule has 0 spiro atoms. The molecule has 2 atom stereocenters. The first kappa shape index (κ1) is 21.5. The van der Waals surface area contributed by atoms with Gasteiger partial charge >= 0.3 is 0 Å². The zero-order chi connectivity index (χ0) is 22.1. The number of halogens is 2. The number of carbonyl (C=O) groups excluding carboxylic acids is 1. The molecule has 3 aliphatic rings. The van der Waals surface area contributed by atoms with Crippen LogP contribution in [0.1, 0.15) is 16.8 Å². The molecule has 0 amide bonds. The van der Waals surface area contributed by atoms with Crippen LogP contribution in [0.15, 0.2) is 65.9 Å². The Labute approximate surface area is 198 Å². The fourth-order valence-electron chi connectivity index (χ4n) is 4.93. The van der Waals surface area contributed by atoms with E-state index in [4.69, 9.17) is 23.2 Å². The van der Waals surface area contributed by atoms with Gasteiger partial charge in [0.25, 0.3) is 0 Å². The van der Waals surface area contributed by atoms with Crippen LogP contribution in [0, 0.1) is 5.92 Å². The fraction of sp³-hybridized carbons (Fsp3) is 0.360. The molecule has 3 heterocycles. The number of anilines is 2. The number of benzene rings is 1. The van der Waals surface area contributed by atoms with Crippen molar-refractivity contribution in [1.82, 2.24) is 9.88 Å². The van der Waals surface area contributed by atoms with Crippen LogP contribution in [0.3, 0.4) is 0 Å². The summed E-state index contributed by atoms with van der Waals surface area (Å²) in [4.78, 5) is 24.8. The number of hydrogen-bond donors (Lipinski definition) is 0. The van der Waals surface area contributed by atoms with E-state index < -0.39 is 0 Å². The molecule has 0 unspecified atom stereocenters. The highest BCUT2D eigenvalue weighted by molar-refractivity contribution is 6.31. The zero-order valence-corrected chi connectivity index (χ0v) is 19.3. The van der Waals surface area contributed by atoms with Crippen LogP contribution in [-0.2, 0) is 0 Å². The highest BCUT2D eigenvalue weighted by Gasteiger charge is 2.39. The summed E-state index contributed by atoms with van der Waals surface area (Å²) in [5.74, 6) is 0.653. The van der Waals surface area contributed by atoms with Crippen molar-refractivity contribution in [3.8, 4) is 0 Å². The lowest BCUT2D eigenvalue weighted by Crippen LogP contribution is -2.50. The lowest BCUT2D eigenvalue weighted by atomic mass is 9.83. The predicted octanol–water partition coefficient (Wildman–Crippen LogP) is 4.63. The van der Waals surface area contributed by atoms with Gasteiger partial charge in [0.05, 0.1) is 17.5 Å². The van der Waals surface area contributed by atoms with E-state index in [1.54, 1.807) is 6.20 Å². The van der Waals surface area contributed by atoms with Crippen LogP contribution in [-0.4, -0.2) is 61.0 Å². The van der Waals surface area contributed by atoms with Gasteiger partial charge in [-0.1, -0.05) is 41.4 Å². The standard InChI is InChI=1S/C25H26Cl2N4O/c26-18-4-1-5-20(16-18)30-14-12-29(13-15-30)10-3-11-31-23-8-7-19(27)17-22(23)24(32)21-6-2-9-28-25(21)31/h1-2,4-9,16-17,22-23H,3,10-15H2/t22-,23-/m0/s1. The summed E-state index contributed by atoms with van der Waals surface area (Å²) in [5, 5.41) is 1.41. The summed E-state index contributed by atoms with van der Waals surface area (Å²) in [5.41, 5.74) is 1.89. The van der Waals surface area contributed by atoms with Crippen molar-refractivity contribution in [2.75, 3.05) is 49.1 Å². The minimum atomic E-state index is -0.245. The summed E-state index contributed by atoms with van der Waals surface area (Å²) >= 11 is 12.4. The van der Waals surface area contributed by atoms with Gasteiger partial charge < -0.3 is 9.80 Å². The van der Waals surface area contributed by atoms with E-state index in [0.717, 1.165) is 56.5 Å². The minimum absolute atomic E-state index is 0.0212. The lowest BCUT2D eigenvalue weighted by Gasteiger charge is -2.41. The van der Waals surface area contributed by atoms with Crippen molar-refractivity contribution < 1.29 is 4.79 Å². The highest BCUT2D eigenvalue weighted by Crippen LogP contribution is 2.36. The van der Waals surface area contributed by atoms with Crippen molar-refractivity contribution in [2.24, 2.45) is 5.92 Å². The molecule has 2 aliphatic heterocycles. The van der Waals surface area contributed by atoms with Gasteiger partial charge in [-0.25, -0.2) is 4.98 Å². The van der Waals surface area contributed by atoms with Crippen molar-refractivity contribution in [3.63, 3.8) is 0 Å². The van der Waals surface area contributed by atoms with Gasteiger partial charge in [0.15, 0.2) is 5.78 Å². The smallest absolute Gasteiger partial charge is 0.175 e. The molecule has 0 radical (unpaired) electrons. The monoisotopic (exact) mass is 468 g/mol. The Morgan fingerprint density at radius 1 is 1.03 bits per heavy atom. The number of piperazine rings is 1. The Hall–Kier alpha value is -2.34. The van der Waals surface area contributed by atoms with Gasteiger partial charge in [-0.05, 0) is 49.4 Å². The van der Waals surface area contributed by atoms with Crippen LogP contribution >= 0.6 is 23.2 Å². The number of Topliss-reactive ketones (excluding diaryl/α,β-unsaturated/α-hetero) is 1. The first-order valence-electron chi connectivity index (χ1n) is 11.1. The van der Waals surface area contributed by atoms with E-state index in [1.807, 2.05) is 48.6 Å². The molecular weight excluding hydrogens is 443 g/mol. The summed E-state index contributed by atoms with van der Waals surface area (Å²) < 4.78 is 0. The second-order valence-corrected chi connectivity index (χ2v) is 9.39. The molecular formula is C25H26Cl2N4O. The zero-order valence-electron chi connectivity index (χ0n) is 17.8. The second kappa shape index (κ2) is 9.26. The number of nitrogens with zero attached hydrogens (tertiary/aromatic N) is 4. The molecule has 5 rings (SSSR count). The predicted molar refractivity (Wildman–Crippen MR) is 131 cm³/mol. The molecule has 1 aliphatic carbocycles. The number of fused-ring (bicyclic) bond motifs is 2. The van der Waals surface area contributed by atoms with Gasteiger partial charge in [-0.3, -0.25) is 9.69 Å². The molecule has 1 aromatic carbocycles. The average molecular weight is 469 g/mol. The number of aromatic nitrogens is 1. The maximum Gasteiger partial charge on any atom is 0.175 e. The normalized spacial score (nSPS) is 23.1. The Balaban J connectivity index is 1.21. The number of pyridine rings is 1. The van der Waals surface area contributed by atoms with Crippen LogP contribution in [0.5, 0.6) is 0 Å². The van der Waals surface area contributed by atoms with Gasteiger partial charge in [-0.15, -0.1) is 0 Å². The van der Waals surface area contributed by atoms with Gasteiger partial charge in [0.1, 0.15) is 5.82 Å². The fourth-order valence-corrected chi connectivity index (χ4v) is 5.32. The quantitative estimate of drug-likeness (QED) is 0.639. The van der Waals surface area contributed by atoms with Crippen LogP contribution in [0.25, 0.3) is 0 Å². The van der Waals surface area contributed by atoms with Gasteiger partial charge in [0.2, 0.25) is 0 Å². The second-order valence-electron chi connectivity index (χ2n) is 8.52. The van der Waals surface area contributed by atoms with Gasteiger partial charge in [-0.2, -0.15) is 0 Å². The third-order valence-corrected chi connectivity index (χ3v) is 7.05. The SMILES string of the molecule is O=C1c2cccnc2N(CCCN2CCN(c3cccc(Cl)c3)CC2)[C@H]2C=CC(Cl)=C[C@H]12. The first-order valence-corrected chi connectivity index (χ1v) is 11.9. The van der Waals surface area contributed by atoms with Gasteiger partial charge in [0, 0.05) is 54.7 Å². The first-order chi connectivity index (χ1) is 15.6. The molecule has 7 heteroatoms. The van der Waals surface area contributed by atoms with E-state index in [9.17, 15) is 4.79 Å². The van der Waals surface area contributed by atoms with Crippen LogP contribution < -0.4 is 9.80 Å². The Morgan fingerprint density at radius 2 is 1.88 bits per heavy atom. The van der Waals surface area contributed by atoms with Crippen molar-refractivity contribution in [1.29, 1.82) is 0 Å². The molecule has 1 fully saturated rings. The third-order valence-electron chi connectivity index (χ3n) is 6.57. The summed E-state index contributed by atoms with van der Waals surface area (Å²) in [6, 6.07) is 11.8. The van der Waals surface area contributed by atoms with Crippen molar-refractivity contribution >= 4 is 40.5 Å². The lowest BCUT2D eigenvalue weighted by molar-refractivity contribution is 0.0926. The van der Waals surface area contributed by atoms with E-state index in [1.165, 1.54) is 5.69 Å². The highest BCUT2D eigenvalue weighted by atomic mass is 35.5. The Kier molecular flexibility index (Phi) is 6.22. The maximum absolute atomic E-state index is 13.0. The molecule has 166 valence electrons. The average Bonchev–Trinajstić information content (AvgIpc) is 2.82. The Morgan fingerprint density at radius 3 is 2.69 bits per heavy atom. The van der Waals surface area contributed by atoms with E-state index in [2.05, 4.69) is 25.8 Å². The van der Waals surface area contributed by atoms with E-state index in [0.29, 0.717) is 10.6 Å². The van der Waals surface area contributed by atoms with E-state index in [-0.39, 0.29) is 17.7 Å². The molecule has 5 nitrogen and oxygen atoms in total. The summed E-state index contributed by atoms with van der Waals surface area (Å²) in [6.07, 6.45) is 8.60. The maximum atomic E-state index is 13.0. The number of carbonyl (C=O) groups is 1. The summed E-state index contributed by atoms with van der Waals surface area (Å²) in [7, 11) is 0. The largest absolute Gasteiger partial charge is 0.369 e. The minimum Gasteiger partial charge on any atom is -0.369 e. The molecule has 32 heavy (non-hydrogen) atoms. The molecule has 0 N–H and O–H groups in total. The van der Waals surface area contributed by atoms with Crippen LogP contribution in [0.2, 0.25) is 5.02 Å². The molecule has 0 bridgehead atoms. The topological polar surface area (TPSA) is 39.7 Å². The van der Waals surface area contributed by atoms with Crippen molar-refractivity contribution in [3.05, 3.63) is 76.4 Å². The molecule has 1 saturated heterocycles. The Bertz CT molecular complexity index is 1060. The molecule has 0 saturated carbocycles. The number of hydrogen-bond acceptors (Lipinski definition) is 5. The third kappa shape index (κ3) is 4.29. The summed E-state index contributed by atoms with van der Waals surface area (Å²) in [6.45, 7) is 5.93. The molecule has 2 aromatic rings. The number of ketones is 1. The molecule has 1 aromatic heterocycles. The van der Waals surface area contributed by atoms with E-state index >= 15 is 0 Å².